The van der Waals surface area contributed by atoms with E-state index in [9.17, 15) is 4.79 Å². The zero-order valence-electron chi connectivity index (χ0n) is 15.8. The molecule has 1 amide bonds. The third kappa shape index (κ3) is 3.24. The van der Waals surface area contributed by atoms with Crippen molar-refractivity contribution in [3.05, 3.63) is 60.6 Å². The summed E-state index contributed by atoms with van der Waals surface area (Å²) < 4.78 is 7.83. The number of benzene rings is 1. The monoisotopic (exact) mass is 376 g/mol. The zero-order chi connectivity index (χ0) is 19.0. The molecule has 2 aliphatic rings. The predicted octanol–water partition coefficient (Wildman–Crippen LogP) is 3.34. The smallest absolute Gasteiger partial charge is 0.231 e. The predicted molar refractivity (Wildman–Crippen MR) is 107 cm³/mol. The lowest BCUT2D eigenvalue weighted by Gasteiger charge is -2.32. The van der Waals surface area contributed by atoms with Gasteiger partial charge in [-0.15, -0.1) is 0 Å². The van der Waals surface area contributed by atoms with Gasteiger partial charge in [-0.1, -0.05) is 6.07 Å². The molecule has 2 saturated heterocycles. The maximum atomic E-state index is 12.8. The summed E-state index contributed by atoms with van der Waals surface area (Å²) in [5.41, 5.74) is 2.41. The highest BCUT2D eigenvalue weighted by Gasteiger charge is 2.46. The van der Waals surface area contributed by atoms with E-state index in [1.165, 1.54) is 0 Å². The maximum Gasteiger partial charge on any atom is 0.231 e. The van der Waals surface area contributed by atoms with Crippen LogP contribution in [0.1, 0.15) is 25.0 Å². The second-order valence-electron chi connectivity index (χ2n) is 7.88. The number of hydrogen-bond acceptors (Lipinski definition) is 4. The first-order chi connectivity index (χ1) is 13.7. The van der Waals surface area contributed by atoms with Crippen molar-refractivity contribution in [2.24, 2.45) is 5.41 Å². The Kier molecular flexibility index (Phi) is 4.28. The number of aromatic nitrogens is 2. The summed E-state index contributed by atoms with van der Waals surface area (Å²) in [5, 5.41) is 3.11. The molecule has 6 nitrogen and oxygen atoms in total. The molecule has 6 heteroatoms. The molecule has 2 bridgehead atoms. The van der Waals surface area contributed by atoms with Crippen molar-refractivity contribution in [3.8, 4) is 5.75 Å². The van der Waals surface area contributed by atoms with Gasteiger partial charge in [0.05, 0.1) is 11.1 Å². The molecule has 0 aliphatic carbocycles. The number of ether oxygens (including phenoxy) is 1. The molecule has 2 atom stereocenters. The second kappa shape index (κ2) is 6.95. The number of nitrogens with one attached hydrogen (secondary N) is 1. The minimum absolute atomic E-state index is 0.160. The number of hydrogen-bond donors (Lipinski definition) is 1. The van der Waals surface area contributed by atoms with E-state index in [0.717, 1.165) is 61.7 Å². The molecule has 3 aromatic rings. The van der Waals surface area contributed by atoms with Gasteiger partial charge in [0, 0.05) is 24.6 Å². The van der Waals surface area contributed by atoms with Crippen LogP contribution in [0.25, 0.3) is 5.65 Å². The summed E-state index contributed by atoms with van der Waals surface area (Å²) in [5.74, 6) is 0.922. The van der Waals surface area contributed by atoms with Crippen LogP contribution in [0.4, 0.5) is 5.69 Å². The average molecular weight is 376 g/mol. The Labute approximate surface area is 164 Å². The molecule has 2 aromatic heterocycles. The minimum atomic E-state index is -0.198. The van der Waals surface area contributed by atoms with Gasteiger partial charge in [-0.3, -0.25) is 4.79 Å². The average Bonchev–Trinajstić information content (AvgIpc) is 3.28. The van der Waals surface area contributed by atoms with E-state index in [2.05, 4.69) is 15.2 Å². The summed E-state index contributed by atoms with van der Waals surface area (Å²) in [6.45, 7) is 3.49. The molecular weight excluding hydrogens is 352 g/mol. The van der Waals surface area contributed by atoms with E-state index in [1.54, 1.807) is 0 Å². The van der Waals surface area contributed by atoms with Crippen molar-refractivity contribution in [1.29, 1.82) is 0 Å². The molecular formula is C22H24N4O2. The van der Waals surface area contributed by atoms with E-state index in [4.69, 9.17) is 4.74 Å². The summed E-state index contributed by atoms with van der Waals surface area (Å²) in [6.07, 6.45) is 7.02. The van der Waals surface area contributed by atoms with Crippen LogP contribution in [-0.4, -0.2) is 39.8 Å². The van der Waals surface area contributed by atoms with Gasteiger partial charge in [-0.05, 0) is 68.8 Å². The largest absolute Gasteiger partial charge is 0.487 e. The third-order valence-electron chi connectivity index (χ3n) is 5.96. The first kappa shape index (κ1) is 17.3. The van der Waals surface area contributed by atoms with Crippen molar-refractivity contribution in [2.45, 2.75) is 25.9 Å². The van der Waals surface area contributed by atoms with Crippen LogP contribution in [0, 0.1) is 5.41 Å². The number of nitrogens with zero attached hydrogens (tertiary/aromatic N) is 3. The Bertz CT molecular complexity index is 960. The molecule has 0 radical (unpaired) electrons. The number of carbonyl (C=O) groups is 1. The fraction of sp³-hybridized carbons (Fsp3) is 0.364. The fourth-order valence-electron chi connectivity index (χ4n) is 4.41. The molecule has 4 heterocycles. The topological polar surface area (TPSA) is 58.9 Å². The summed E-state index contributed by atoms with van der Waals surface area (Å²) in [4.78, 5) is 19.8. The summed E-state index contributed by atoms with van der Waals surface area (Å²) in [7, 11) is 0. The van der Waals surface area contributed by atoms with Crippen molar-refractivity contribution in [1.82, 2.24) is 14.3 Å². The van der Waals surface area contributed by atoms with Gasteiger partial charge < -0.3 is 19.4 Å². The Balaban J connectivity index is 1.20. The van der Waals surface area contributed by atoms with Crippen molar-refractivity contribution >= 4 is 17.2 Å². The van der Waals surface area contributed by atoms with Crippen LogP contribution < -0.4 is 10.1 Å². The molecule has 2 unspecified atom stereocenters. The Morgan fingerprint density at radius 3 is 2.89 bits per heavy atom. The molecule has 0 spiro atoms. The van der Waals surface area contributed by atoms with E-state index in [1.807, 2.05) is 59.3 Å². The van der Waals surface area contributed by atoms with Gasteiger partial charge >= 0.3 is 0 Å². The molecule has 1 aromatic carbocycles. The first-order valence-corrected chi connectivity index (χ1v) is 9.90. The highest BCUT2D eigenvalue weighted by Crippen LogP contribution is 2.40. The van der Waals surface area contributed by atoms with E-state index in [-0.39, 0.29) is 11.3 Å². The number of fused-ring (bicyclic) bond motifs is 3. The van der Waals surface area contributed by atoms with Gasteiger partial charge in [-0.2, -0.15) is 0 Å². The molecule has 5 rings (SSSR count). The maximum absolute atomic E-state index is 12.8. The van der Waals surface area contributed by atoms with Crippen LogP contribution in [0.3, 0.4) is 0 Å². The molecule has 28 heavy (non-hydrogen) atoms. The Morgan fingerprint density at radius 2 is 2.04 bits per heavy atom. The lowest BCUT2D eigenvalue weighted by atomic mass is 9.80. The molecule has 2 aliphatic heterocycles. The number of anilines is 1. The molecule has 1 N–H and O–H groups in total. The van der Waals surface area contributed by atoms with Crippen molar-refractivity contribution < 1.29 is 9.53 Å². The SMILES string of the molecule is O=C(Nc1ccc(OCc2cn3ccccc3n2)cc1)C12CCCN(CC1)C2. The Hall–Kier alpha value is -2.86. The van der Waals surface area contributed by atoms with Gasteiger partial charge in [0.15, 0.2) is 0 Å². The van der Waals surface area contributed by atoms with Gasteiger partial charge in [0.2, 0.25) is 5.91 Å². The van der Waals surface area contributed by atoms with E-state index in [0.29, 0.717) is 6.61 Å². The highest BCUT2D eigenvalue weighted by atomic mass is 16.5. The number of pyridine rings is 1. The number of carbonyl (C=O) groups excluding carboxylic acids is 1. The van der Waals surface area contributed by atoms with Gasteiger partial charge in [-0.25, -0.2) is 4.98 Å². The van der Waals surface area contributed by atoms with Gasteiger partial charge in [0.25, 0.3) is 0 Å². The molecule has 144 valence electrons. The number of imidazole rings is 1. The minimum Gasteiger partial charge on any atom is -0.487 e. The number of rotatable bonds is 5. The summed E-state index contributed by atoms with van der Waals surface area (Å²) in [6, 6.07) is 13.5. The normalized spacial score (nSPS) is 23.6. The van der Waals surface area contributed by atoms with E-state index >= 15 is 0 Å². The van der Waals surface area contributed by atoms with Crippen LogP contribution in [-0.2, 0) is 11.4 Å². The van der Waals surface area contributed by atoms with Crippen molar-refractivity contribution in [3.63, 3.8) is 0 Å². The van der Waals surface area contributed by atoms with Crippen LogP contribution in [0.2, 0.25) is 0 Å². The fourth-order valence-corrected chi connectivity index (χ4v) is 4.41. The third-order valence-corrected chi connectivity index (χ3v) is 5.96. The number of amides is 1. The van der Waals surface area contributed by atoms with E-state index < -0.39 is 0 Å². The van der Waals surface area contributed by atoms with Gasteiger partial charge in [0.1, 0.15) is 18.0 Å². The second-order valence-corrected chi connectivity index (χ2v) is 7.88. The Morgan fingerprint density at radius 1 is 1.14 bits per heavy atom. The molecule has 2 fully saturated rings. The quantitative estimate of drug-likeness (QED) is 0.742. The highest BCUT2D eigenvalue weighted by molar-refractivity contribution is 5.95. The van der Waals surface area contributed by atoms with Crippen LogP contribution >= 0.6 is 0 Å². The molecule has 0 saturated carbocycles. The standard InChI is InChI=1S/C22H24N4O2/c27-21(22-9-3-11-25(16-22)13-10-22)24-17-5-7-19(8-6-17)28-15-18-14-26-12-2-1-4-20(26)23-18/h1-2,4-8,12,14H,3,9-11,13,15-16H2,(H,24,27). The lowest BCUT2D eigenvalue weighted by molar-refractivity contribution is -0.126. The van der Waals surface area contributed by atoms with Crippen molar-refractivity contribution in [2.75, 3.05) is 25.0 Å². The first-order valence-electron chi connectivity index (χ1n) is 9.90. The zero-order valence-corrected chi connectivity index (χ0v) is 15.8. The number of piperidine rings is 1. The van der Waals surface area contributed by atoms with Crippen LogP contribution in [0.15, 0.2) is 54.9 Å². The lowest BCUT2D eigenvalue weighted by Crippen LogP contribution is -2.42. The van der Waals surface area contributed by atoms with Crippen LogP contribution in [0.5, 0.6) is 5.75 Å². The summed E-state index contributed by atoms with van der Waals surface area (Å²) >= 11 is 0.